The van der Waals surface area contributed by atoms with Gasteiger partial charge in [-0.2, -0.15) is 0 Å². The fraction of sp³-hybridized carbons (Fsp3) is 0. The molecule has 0 aliphatic rings. The van der Waals surface area contributed by atoms with E-state index in [1.807, 2.05) is 0 Å². The summed E-state index contributed by atoms with van der Waals surface area (Å²) in [4.78, 5) is 4.19. The SMILES string of the molecule is [O-][n+]1ccc(-c2nccc[n+]2[O-])[c]n1. The van der Waals surface area contributed by atoms with Gasteiger partial charge < -0.3 is 10.4 Å². The Bertz CT molecular complexity index is 443. The third-order valence-electron chi connectivity index (χ3n) is 1.59. The highest BCUT2D eigenvalue weighted by Gasteiger charge is 2.11. The van der Waals surface area contributed by atoms with Crippen LogP contribution in [-0.2, 0) is 0 Å². The Balaban J connectivity index is 2.50. The number of aromatic nitrogens is 4. The van der Waals surface area contributed by atoms with Crippen LogP contribution in [0.2, 0.25) is 0 Å². The molecule has 0 saturated carbocycles. The minimum atomic E-state index is 0.167. The summed E-state index contributed by atoms with van der Waals surface area (Å²) in [5.41, 5.74) is 0.382. The van der Waals surface area contributed by atoms with Crippen LogP contribution in [0.25, 0.3) is 11.4 Å². The lowest BCUT2D eigenvalue weighted by molar-refractivity contribution is -0.669. The second kappa shape index (κ2) is 3.25. The van der Waals surface area contributed by atoms with Crippen LogP contribution in [0.1, 0.15) is 0 Å². The zero-order chi connectivity index (χ0) is 9.97. The summed E-state index contributed by atoms with van der Waals surface area (Å²) in [5.74, 6) is 0.167. The topological polar surface area (TPSA) is 79.7 Å². The van der Waals surface area contributed by atoms with Gasteiger partial charge in [0, 0.05) is 17.2 Å². The molecule has 0 fully saturated rings. The highest BCUT2D eigenvalue weighted by molar-refractivity contribution is 5.47. The Hall–Kier alpha value is -2.24. The standard InChI is InChI=1S/C8H5N4O2/c13-11-4-1-3-9-8(11)7-2-5-12(14)10-6-7/h1-5H. The summed E-state index contributed by atoms with van der Waals surface area (Å²) in [7, 11) is 0. The van der Waals surface area contributed by atoms with Gasteiger partial charge in [-0.25, -0.2) is 4.73 Å². The number of rotatable bonds is 1. The first-order chi connectivity index (χ1) is 6.77. The van der Waals surface area contributed by atoms with Crippen molar-refractivity contribution in [1.29, 1.82) is 0 Å². The largest absolute Gasteiger partial charge is 0.710 e. The Labute approximate surface area is 79.3 Å². The first kappa shape index (κ1) is 8.36. The lowest BCUT2D eigenvalue weighted by Crippen LogP contribution is -2.32. The summed E-state index contributed by atoms with van der Waals surface area (Å²) >= 11 is 0. The molecule has 0 unspecified atom stereocenters. The summed E-state index contributed by atoms with van der Waals surface area (Å²) in [6.45, 7) is 0. The van der Waals surface area contributed by atoms with Crippen molar-refractivity contribution in [2.45, 2.75) is 0 Å². The second-order valence-corrected chi connectivity index (χ2v) is 2.51. The zero-order valence-electron chi connectivity index (χ0n) is 6.99. The quantitative estimate of drug-likeness (QED) is 0.435. The summed E-state index contributed by atoms with van der Waals surface area (Å²) in [6, 6.07) is 2.94. The molecule has 2 aromatic heterocycles. The van der Waals surface area contributed by atoms with Gasteiger partial charge in [-0.1, -0.05) is 4.85 Å². The summed E-state index contributed by atoms with van der Waals surface area (Å²) < 4.78 is 0.586. The third-order valence-corrected chi connectivity index (χ3v) is 1.59. The van der Waals surface area contributed by atoms with Crippen LogP contribution < -0.4 is 9.58 Å². The molecule has 14 heavy (non-hydrogen) atoms. The van der Waals surface area contributed by atoms with Crippen molar-refractivity contribution >= 4 is 0 Å². The van der Waals surface area contributed by atoms with Gasteiger partial charge >= 0.3 is 5.82 Å². The van der Waals surface area contributed by atoms with E-state index in [1.165, 1.54) is 30.7 Å². The molecule has 6 heteroatoms. The van der Waals surface area contributed by atoms with Crippen molar-refractivity contribution < 1.29 is 9.58 Å². The van der Waals surface area contributed by atoms with Crippen molar-refractivity contribution in [2.24, 2.45) is 0 Å². The molecule has 0 aromatic carbocycles. The van der Waals surface area contributed by atoms with Crippen LogP contribution in [0.3, 0.4) is 0 Å². The molecule has 2 rings (SSSR count). The monoisotopic (exact) mass is 189 g/mol. The van der Waals surface area contributed by atoms with Gasteiger partial charge in [0.15, 0.2) is 6.20 Å². The van der Waals surface area contributed by atoms with E-state index < -0.39 is 0 Å². The average molecular weight is 189 g/mol. The summed E-state index contributed by atoms with van der Waals surface area (Å²) in [5, 5.41) is 25.2. The molecule has 2 aromatic rings. The maximum absolute atomic E-state index is 11.2. The van der Waals surface area contributed by atoms with E-state index in [4.69, 9.17) is 0 Å². The number of hydrogen-bond acceptors (Lipinski definition) is 4. The molecule has 0 saturated heterocycles. The van der Waals surface area contributed by atoms with Gasteiger partial charge in [0.2, 0.25) is 6.20 Å². The molecule has 0 spiro atoms. The maximum atomic E-state index is 11.2. The normalized spacial score (nSPS) is 10.0. The van der Waals surface area contributed by atoms with Crippen LogP contribution in [0, 0.1) is 16.6 Å². The third kappa shape index (κ3) is 1.45. The van der Waals surface area contributed by atoms with E-state index in [1.54, 1.807) is 0 Å². The molecule has 69 valence electrons. The van der Waals surface area contributed by atoms with Gasteiger partial charge in [0.25, 0.3) is 0 Å². The zero-order valence-corrected chi connectivity index (χ0v) is 6.99. The van der Waals surface area contributed by atoms with Gasteiger partial charge in [0.1, 0.15) is 11.8 Å². The predicted molar refractivity (Wildman–Crippen MR) is 44.2 cm³/mol. The van der Waals surface area contributed by atoms with E-state index in [0.29, 0.717) is 15.1 Å². The van der Waals surface area contributed by atoms with Gasteiger partial charge in [-0.05, 0) is 4.98 Å². The maximum Gasteiger partial charge on any atom is 0.335 e. The van der Waals surface area contributed by atoms with Crippen LogP contribution >= 0.6 is 0 Å². The number of nitrogens with zero attached hydrogens (tertiary/aromatic N) is 4. The Kier molecular flexibility index (Phi) is 1.94. The molecular weight excluding hydrogens is 184 g/mol. The van der Waals surface area contributed by atoms with Crippen molar-refractivity contribution in [3.05, 3.63) is 47.3 Å². The van der Waals surface area contributed by atoms with Crippen LogP contribution in [0.15, 0.2) is 30.7 Å². The van der Waals surface area contributed by atoms with Crippen molar-refractivity contribution in [2.75, 3.05) is 0 Å². The lowest BCUT2D eigenvalue weighted by Gasteiger charge is -2.02. The van der Waals surface area contributed by atoms with E-state index in [2.05, 4.69) is 16.3 Å². The molecule has 0 bridgehead atoms. The van der Waals surface area contributed by atoms with E-state index in [0.717, 1.165) is 0 Å². The predicted octanol–water partition coefficient (Wildman–Crippen LogP) is -0.789. The molecular formula is C8H5N4O2. The highest BCUT2D eigenvalue weighted by Crippen LogP contribution is 2.06. The smallest absolute Gasteiger partial charge is 0.335 e. The fourth-order valence-corrected chi connectivity index (χ4v) is 0.983. The van der Waals surface area contributed by atoms with Crippen molar-refractivity contribution in [1.82, 2.24) is 10.1 Å². The van der Waals surface area contributed by atoms with E-state index >= 15 is 0 Å². The van der Waals surface area contributed by atoms with E-state index in [-0.39, 0.29) is 5.82 Å². The van der Waals surface area contributed by atoms with Gasteiger partial charge in [0.05, 0.1) is 6.20 Å². The molecule has 0 atom stereocenters. The second-order valence-electron chi connectivity index (χ2n) is 2.51. The van der Waals surface area contributed by atoms with Gasteiger partial charge in [-0.3, -0.25) is 0 Å². The minimum Gasteiger partial charge on any atom is -0.710 e. The molecule has 0 aliphatic heterocycles. The van der Waals surface area contributed by atoms with Crippen LogP contribution in [0.5, 0.6) is 0 Å². The molecule has 1 radical (unpaired) electrons. The fourth-order valence-electron chi connectivity index (χ4n) is 0.983. The van der Waals surface area contributed by atoms with Gasteiger partial charge in [-0.15, -0.1) is 0 Å². The molecule has 0 amide bonds. The van der Waals surface area contributed by atoms with E-state index in [9.17, 15) is 10.4 Å². The Morgan fingerprint density at radius 3 is 2.79 bits per heavy atom. The van der Waals surface area contributed by atoms with Crippen molar-refractivity contribution in [3.63, 3.8) is 0 Å². The minimum absolute atomic E-state index is 0.167. The Morgan fingerprint density at radius 1 is 1.29 bits per heavy atom. The molecule has 6 nitrogen and oxygen atoms in total. The average Bonchev–Trinajstić information content (AvgIpc) is 2.20. The number of hydrogen-bond donors (Lipinski definition) is 0. The summed E-state index contributed by atoms with van der Waals surface area (Å²) in [6.07, 6.45) is 6.39. The molecule has 2 heterocycles. The van der Waals surface area contributed by atoms with Crippen molar-refractivity contribution in [3.8, 4) is 11.4 Å². The van der Waals surface area contributed by atoms with Crippen LogP contribution in [0.4, 0.5) is 0 Å². The Morgan fingerprint density at radius 2 is 2.14 bits per heavy atom. The first-order valence-electron chi connectivity index (χ1n) is 3.80. The van der Waals surface area contributed by atoms with Crippen LogP contribution in [-0.4, -0.2) is 10.1 Å². The molecule has 0 N–H and O–H groups in total. The highest BCUT2D eigenvalue weighted by atomic mass is 16.5. The lowest BCUT2D eigenvalue weighted by atomic mass is 10.3. The molecule has 0 aliphatic carbocycles. The first-order valence-corrected chi connectivity index (χ1v) is 3.80.